The first-order valence-electron chi connectivity index (χ1n) is 11.9. The smallest absolute Gasteiger partial charge is 0.0755 e. The summed E-state index contributed by atoms with van der Waals surface area (Å²) in [4.78, 5) is 2.61. The largest absolute Gasteiger partial charge is 0.392 e. The van der Waals surface area contributed by atoms with E-state index in [1.165, 1.54) is 58.2 Å². The first-order valence-corrected chi connectivity index (χ1v) is 11.9. The molecule has 1 heterocycles. The number of hydrogen-bond donors (Lipinski definition) is 2. The summed E-state index contributed by atoms with van der Waals surface area (Å²) in [7, 11) is 0. The van der Waals surface area contributed by atoms with E-state index in [1.54, 1.807) is 5.57 Å². The molecule has 1 aliphatic heterocycles. The van der Waals surface area contributed by atoms with Crippen molar-refractivity contribution in [3.8, 4) is 11.8 Å². The molecule has 0 aromatic rings. The number of rotatable bonds is 10. The number of aliphatic hydroxyl groups is 2. The van der Waals surface area contributed by atoms with E-state index in [9.17, 15) is 10.2 Å². The van der Waals surface area contributed by atoms with Crippen molar-refractivity contribution in [1.82, 2.24) is 4.90 Å². The van der Waals surface area contributed by atoms with Crippen LogP contribution in [0.2, 0.25) is 0 Å². The maximum atomic E-state index is 10.5. The number of fused-ring (bicyclic) bond motifs is 1. The average Bonchev–Trinajstić information content (AvgIpc) is 3.41. The Morgan fingerprint density at radius 3 is 2.79 bits per heavy atom. The van der Waals surface area contributed by atoms with E-state index >= 15 is 0 Å². The number of allylic oxidation sites excluding steroid dienone is 2. The summed E-state index contributed by atoms with van der Waals surface area (Å²) in [5.41, 5.74) is 1.61. The van der Waals surface area contributed by atoms with Crippen LogP contribution in [0.1, 0.15) is 71.6 Å². The normalized spacial score (nSPS) is 31.5. The maximum Gasteiger partial charge on any atom is 0.0755 e. The van der Waals surface area contributed by atoms with E-state index in [2.05, 4.69) is 28.9 Å². The first kappa shape index (κ1) is 22.6. The van der Waals surface area contributed by atoms with Crippen LogP contribution in [-0.4, -0.2) is 47.0 Å². The van der Waals surface area contributed by atoms with Crippen molar-refractivity contribution in [3.05, 3.63) is 23.8 Å². The van der Waals surface area contributed by atoms with E-state index in [0.717, 1.165) is 12.8 Å². The molecule has 29 heavy (non-hydrogen) atoms. The van der Waals surface area contributed by atoms with Crippen molar-refractivity contribution in [3.63, 3.8) is 0 Å². The molecule has 3 aliphatic rings. The molecular weight excluding hydrogens is 358 g/mol. The molecule has 0 spiro atoms. The summed E-state index contributed by atoms with van der Waals surface area (Å²) in [6, 6.07) is 0. The molecule has 0 radical (unpaired) electrons. The van der Waals surface area contributed by atoms with Crippen LogP contribution in [0, 0.1) is 35.5 Å². The Morgan fingerprint density at radius 2 is 2.03 bits per heavy atom. The van der Waals surface area contributed by atoms with Crippen molar-refractivity contribution in [2.45, 2.75) is 83.8 Å². The van der Waals surface area contributed by atoms with Crippen LogP contribution < -0.4 is 0 Å². The number of unbranched alkanes of at least 4 members (excludes halogenated alkanes) is 2. The third-order valence-electron chi connectivity index (χ3n) is 7.34. The van der Waals surface area contributed by atoms with E-state index in [0.29, 0.717) is 18.3 Å². The van der Waals surface area contributed by atoms with Gasteiger partial charge in [-0.15, -0.1) is 11.8 Å². The molecule has 6 atom stereocenters. The van der Waals surface area contributed by atoms with Gasteiger partial charge in [0.2, 0.25) is 0 Å². The topological polar surface area (TPSA) is 43.7 Å². The Morgan fingerprint density at radius 1 is 1.24 bits per heavy atom. The minimum Gasteiger partial charge on any atom is -0.392 e. The molecule has 0 aromatic heterocycles. The molecule has 3 heteroatoms. The number of hydrogen-bond acceptors (Lipinski definition) is 3. The lowest BCUT2D eigenvalue weighted by molar-refractivity contribution is 0.137. The van der Waals surface area contributed by atoms with E-state index in [1.807, 2.05) is 19.9 Å². The highest BCUT2D eigenvalue weighted by Crippen LogP contribution is 2.48. The molecule has 2 fully saturated rings. The monoisotopic (exact) mass is 399 g/mol. The predicted molar refractivity (Wildman–Crippen MR) is 120 cm³/mol. The highest BCUT2D eigenvalue weighted by Gasteiger charge is 2.43. The zero-order chi connectivity index (χ0) is 20.6. The second-order valence-corrected chi connectivity index (χ2v) is 9.58. The number of likely N-dealkylation sites (tertiary alicyclic amines) is 1. The van der Waals surface area contributed by atoms with E-state index in [-0.39, 0.29) is 17.9 Å². The summed E-state index contributed by atoms with van der Waals surface area (Å²) in [5, 5.41) is 20.9. The van der Waals surface area contributed by atoms with E-state index < -0.39 is 6.10 Å². The maximum absolute atomic E-state index is 10.5. The second-order valence-electron chi connectivity index (χ2n) is 9.58. The molecule has 1 saturated carbocycles. The van der Waals surface area contributed by atoms with Crippen molar-refractivity contribution in [2.24, 2.45) is 23.7 Å². The van der Waals surface area contributed by atoms with Gasteiger partial charge in [-0.25, -0.2) is 0 Å². The Balaban J connectivity index is 1.40. The fourth-order valence-corrected chi connectivity index (χ4v) is 5.48. The highest BCUT2D eigenvalue weighted by molar-refractivity contribution is 5.21. The molecule has 3 nitrogen and oxygen atoms in total. The first-order chi connectivity index (χ1) is 14.1. The third kappa shape index (κ3) is 6.45. The molecule has 0 bridgehead atoms. The summed E-state index contributed by atoms with van der Waals surface area (Å²) in [6.45, 7) is 7.78. The van der Waals surface area contributed by atoms with Crippen LogP contribution in [0.4, 0.5) is 0 Å². The number of aliphatic hydroxyl groups excluding tert-OH is 2. The standard InChI is InChI=1S/C26H41NO2/c1-3-4-10-20(2)25(28)13-12-23-24-18-21(17-22(24)19-26(23)29)11-6-5-7-14-27-15-8-9-16-27/h12-13,17,20,22-26,28-29H,5-11,14-16,18-19H2,1-2H3/t20-,22?,23+,24-,25+,26+/m0/s1. The van der Waals surface area contributed by atoms with Gasteiger partial charge in [0, 0.05) is 12.3 Å². The van der Waals surface area contributed by atoms with Gasteiger partial charge in [-0.2, -0.15) is 0 Å². The lowest BCUT2D eigenvalue weighted by Gasteiger charge is -2.20. The van der Waals surface area contributed by atoms with Gasteiger partial charge >= 0.3 is 0 Å². The number of nitrogens with zero attached hydrogens (tertiary/aromatic N) is 1. The van der Waals surface area contributed by atoms with Crippen LogP contribution >= 0.6 is 0 Å². The quantitative estimate of drug-likeness (QED) is 0.322. The summed E-state index contributed by atoms with van der Waals surface area (Å²) in [6.07, 6.45) is 16.4. The van der Waals surface area contributed by atoms with Gasteiger partial charge in [0.15, 0.2) is 0 Å². The minimum atomic E-state index is -0.480. The lowest BCUT2D eigenvalue weighted by atomic mass is 9.88. The molecule has 0 aromatic carbocycles. The average molecular weight is 400 g/mol. The van der Waals surface area contributed by atoms with Crippen LogP contribution in [0.3, 0.4) is 0 Å². The molecule has 1 unspecified atom stereocenters. The van der Waals surface area contributed by atoms with Gasteiger partial charge in [0.1, 0.15) is 0 Å². The fourth-order valence-electron chi connectivity index (χ4n) is 5.48. The summed E-state index contributed by atoms with van der Waals surface area (Å²) >= 11 is 0. The summed E-state index contributed by atoms with van der Waals surface area (Å²) in [5.74, 6) is 7.31. The Bertz CT molecular complexity index is 622. The molecule has 3 rings (SSSR count). The summed E-state index contributed by atoms with van der Waals surface area (Å²) < 4.78 is 0. The van der Waals surface area contributed by atoms with Crippen molar-refractivity contribution in [1.29, 1.82) is 0 Å². The van der Waals surface area contributed by atoms with Crippen LogP contribution in [0.15, 0.2) is 23.8 Å². The zero-order valence-electron chi connectivity index (χ0n) is 18.5. The Labute approximate surface area is 178 Å². The molecule has 162 valence electrons. The molecular formula is C26H41NO2. The zero-order valence-corrected chi connectivity index (χ0v) is 18.5. The van der Waals surface area contributed by atoms with Gasteiger partial charge in [-0.3, -0.25) is 0 Å². The third-order valence-corrected chi connectivity index (χ3v) is 7.34. The molecule has 2 aliphatic carbocycles. The van der Waals surface area contributed by atoms with Gasteiger partial charge in [-0.05, 0) is 89.3 Å². The molecule has 1 saturated heterocycles. The van der Waals surface area contributed by atoms with Crippen molar-refractivity contribution >= 4 is 0 Å². The SMILES string of the molecule is CC#CC[C@H](C)[C@H](O)C=C[C@H]1[C@H](O)CC2C=C(CCCCCN3CCCC3)C[C@@H]21. The fraction of sp³-hybridized carbons (Fsp3) is 0.769. The molecule has 0 amide bonds. The highest BCUT2D eigenvalue weighted by atomic mass is 16.3. The van der Waals surface area contributed by atoms with E-state index in [4.69, 9.17) is 0 Å². The lowest BCUT2D eigenvalue weighted by Crippen LogP contribution is -2.20. The van der Waals surface area contributed by atoms with Crippen LogP contribution in [0.25, 0.3) is 0 Å². The predicted octanol–water partition coefficient (Wildman–Crippen LogP) is 4.55. The van der Waals surface area contributed by atoms with Gasteiger partial charge in [0.05, 0.1) is 12.2 Å². The van der Waals surface area contributed by atoms with Gasteiger partial charge < -0.3 is 15.1 Å². The Kier molecular flexibility index (Phi) is 8.85. The second kappa shape index (κ2) is 11.3. The van der Waals surface area contributed by atoms with Crippen LogP contribution in [0.5, 0.6) is 0 Å². The minimum absolute atomic E-state index is 0.130. The van der Waals surface area contributed by atoms with Crippen molar-refractivity contribution < 1.29 is 10.2 Å². The van der Waals surface area contributed by atoms with Crippen LogP contribution in [-0.2, 0) is 0 Å². The Hall–Kier alpha value is -1.08. The molecule has 2 N–H and O–H groups in total. The van der Waals surface area contributed by atoms with Gasteiger partial charge in [0.25, 0.3) is 0 Å². The van der Waals surface area contributed by atoms with Gasteiger partial charge in [-0.1, -0.05) is 37.1 Å². The van der Waals surface area contributed by atoms with Crippen molar-refractivity contribution in [2.75, 3.05) is 19.6 Å².